The number of nitrogens with zero attached hydrogens (tertiary/aromatic N) is 12. The van der Waals surface area contributed by atoms with Crippen LogP contribution in [0.5, 0.6) is 17.2 Å². The van der Waals surface area contributed by atoms with Gasteiger partial charge in [0.15, 0.2) is 0 Å². The molecule has 3 atom stereocenters. The minimum Gasteiger partial charge on any atom is -0.508 e. The van der Waals surface area contributed by atoms with Gasteiger partial charge < -0.3 is 67.2 Å². The van der Waals surface area contributed by atoms with Crippen molar-refractivity contribution >= 4 is 84.0 Å². The summed E-state index contributed by atoms with van der Waals surface area (Å²) >= 11 is 3.25. The molecule has 2 aliphatic heterocycles. The van der Waals surface area contributed by atoms with Gasteiger partial charge in [0.2, 0.25) is 0 Å². The maximum absolute atomic E-state index is 12.0. The number of aliphatic hydroxyl groups excluding tert-OH is 1. The van der Waals surface area contributed by atoms with Gasteiger partial charge in [-0.25, -0.2) is 19.4 Å². The molecule has 27 nitrogen and oxygen atoms in total. The molecule has 5 N–H and O–H groups in total. The van der Waals surface area contributed by atoms with Gasteiger partial charge in [0.05, 0.1) is 94.5 Å². The number of hydrogen-bond acceptors (Lipinski definition) is 19. The van der Waals surface area contributed by atoms with Crippen molar-refractivity contribution in [3.63, 3.8) is 0 Å². The van der Waals surface area contributed by atoms with Gasteiger partial charge in [0.25, 0.3) is 0 Å². The average Bonchev–Trinajstić information content (AvgIpc) is 1.60. The number of carbonyl (C=O) groups excluding carboxylic acids is 3. The number of epoxide rings is 2. The monoisotopic (exact) mass is 1580 g/mol. The second-order valence-electron chi connectivity index (χ2n) is 28.0. The van der Waals surface area contributed by atoms with Crippen LogP contribution in [-0.2, 0) is 30.2 Å². The molecule has 29 heteroatoms. The van der Waals surface area contributed by atoms with E-state index < -0.39 is 24.4 Å². The van der Waals surface area contributed by atoms with Crippen LogP contribution in [0.2, 0.25) is 0 Å². The number of fused-ring (bicyclic) bond motifs is 3. The topological polar surface area (TPSA) is 356 Å². The molecule has 3 aliphatic carbocycles. The molecule has 3 unspecified atom stereocenters. The van der Waals surface area contributed by atoms with E-state index in [1.165, 1.54) is 25.4 Å². The van der Waals surface area contributed by atoms with Crippen molar-refractivity contribution in [3.05, 3.63) is 169 Å². The summed E-state index contributed by atoms with van der Waals surface area (Å²) in [6, 6.07) is 47.3. The first-order valence-electron chi connectivity index (χ1n) is 36.8. The average molecular weight is 1580 g/mol. The second kappa shape index (κ2) is 38.3. The molecule has 7 heterocycles. The number of nitriles is 3. The van der Waals surface area contributed by atoms with Gasteiger partial charge in [-0.05, 0) is 189 Å². The third-order valence-corrected chi connectivity index (χ3v) is 19.6. The molecule has 5 aromatic heterocycles. The van der Waals surface area contributed by atoms with Crippen molar-refractivity contribution in [2.24, 2.45) is 0 Å². The molecule has 3 saturated carbocycles. The van der Waals surface area contributed by atoms with Gasteiger partial charge in [-0.15, -0.1) is 0 Å². The number of phenolic OH excluding ortho intramolecular Hbond substituents is 1. The van der Waals surface area contributed by atoms with E-state index in [9.17, 15) is 40.4 Å². The first-order valence-corrected chi connectivity index (χ1v) is 37.9. The zero-order valence-corrected chi connectivity index (χ0v) is 66.5. The van der Waals surface area contributed by atoms with Crippen molar-refractivity contribution in [3.8, 4) is 69.2 Å². The number of anilines is 3. The Hall–Kier alpha value is -10.7. The van der Waals surface area contributed by atoms with Crippen molar-refractivity contribution in [1.29, 1.82) is 15.8 Å². The molecule has 0 bridgehead atoms. The van der Waals surface area contributed by atoms with Crippen molar-refractivity contribution in [2.45, 2.75) is 161 Å². The molecular formula is C82H87BrN15NaO12. The van der Waals surface area contributed by atoms with Crippen molar-refractivity contribution < 1.29 is 87.3 Å². The number of nitrogens with one attached hydrogen (secondary N) is 3. The number of halogens is 1. The number of aromatic nitrogens is 9. The Kier molecular flexibility index (Phi) is 28.0. The van der Waals surface area contributed by atoms with Crippen LogP contribution in [0.4, 0.5) is 31.4 Å². The summed E-state index contributed by atoms with van der Waals surface area (Å²) in [5.74, 6) is 1.60. The van der Waals surface area contributed by atoms with Crippen molar-refractivity contribution in [2.75, 3.05) is 47.7 Å². The van der Waals surface area contributed by atoms with E-state index in [1.54, 1.807) is 69.0 Å². The van der Waals surface area contributed by atoms with Crippen molar-refractivity contribution in [1.82, 2.24) is 43.6 Å². The quantitative estimate of drug-likeness (QED) is 0.0193. The fraction of sp³-hybridized carbons (Fsp3) is 0.366. The third kappa shape index (κ3) is 20.8. The van der Waals surface area contributed by atoms with Gasteiger partial charge in [-0.3, -0.25) is 25.7 Å². The molecule has 0 radical (unpaired) electrons. The number of phenols is 1. The number of rotatable bonds is 21. The summed E-state index contributed by atoms with van der Waals surface area (Å²) in [5.41, 5.74) is 11.9. The molecule has 5 fully saturated rings. The Morgan fingerprint density at radius 3 is 1.26 bits per heavy atom. The normalized spacial score (nSPS) is 15.6. The Balaban J connectivity index is 0.000000155. The Bertz CT molecular complexity index is 5070. The standard InChI is InChI=1S/C28H30N6O4.C26H27N3O4.C23H23N3O3.C3H5BrO.C2H2N3.Na/c1-18(2)38-28(36)32-20-8-6-19(7-9-20)27-25(13-29)24-11-10-23(12-26(24)34(27)21-4-3-5-21)37-15-22(35)14-33-17-30-16-31-33;1-16(2)33-26(30)28-18-8-6-17(7-9-18)25-23(13-27)22-11-10-20(31-14-21-15-32-21)12-24(22)29(25)19-4-3-5-19;1-14(2)29-23(28)25-16-8-6-15(7-9-16)22-20(13-24)19-11-10-18(27)12-21(19)26(22)17-4-3-5-17;4-1-3-2-5-3;1-3-2-5-4-1;/h6-12,16-18,21-22,35H,3-5,14-15H2,1-2H3,(H,32,36);6-12,16,19,21H,3-5,14-15H2,1-2H3,(H,28,30);6-12,14,17,27H,3-5H2,1-2H3,(H,25,28);3H,1-2H2;1-2H;/q;;;;-1;+1. The van der Waals surface area contributed by atoms with Crippen LogP contribution >= 0.6 is 15.9 Å². The predicted octanol–water partition coefficient (Wildman–Crippen LogP) is 13.3. The van der Waals surface area contributed by atoms with Gasteiger partial charge >= 0.3 is 47.8 Å². The Morgan fingerprint density at radius 1 is 0.559 bits per heavy atom. The number of ether oxygens (including phenoxy) is 7. The van der Waals surface area contributed by atoms with Crippen LogP contribution in [0.25, 0.3) is 66.5 Å². The zero-order chi connectivity index (χ0) is 77.4. The van der Waals surface area contributed by atoms with Crippen LogP contribution in [0.1, 0.15) is 134 Å². The summed E-state index contributed by atoms with van der Waals surface area (Å²) in [5, 5.41) is 73.1. The third-order valence-electron chi connectivity index (χ3n) is 18.9. The number of benzene rings is 6. The van der Waals surface area contributed by atoms with E-state index in [4.69, 9.17) is 33.2 Å². The maximum Gasteiger partial charge on any atom is 1.00 e. The fourth-order valence-corrected chi connectivity index (χ4v) is 13.4. The summed E-state index contributed by atoms with van der Waals surface area (Å²) in [6.45, 7) is 13.4. The van der Waals surface area contributed by atoms with Crippen LogP contribution in [0.3, 0.4) is 0 Å². The number of aromatic hydroxyl groups is 1. The van der Waals surface area contributed by atoms with Gasteiger partial charge in [-0.1, -0.05) is 58.7 Å². The van der Waals surface area contributed by atoms with E-state index in [2.05, 4.69) is 89.1 Å². The molecule has 111 heavy (non-hydrogen) atoms. The molecular weight excluding hydrogens is 1490 g/mol. The summed E-state index contributed by atoms with van der Waals surface area (Å²) in [4.78, 5) is 43.1. The number of carbonyl (C=O) groups is 3. The number of hydrogen-bond donors (Lipinski definition) is 5. The summed E-state index contributed by atoms with van der Waals surface area (Å²) in [6.07, 6.45) is 13.5. The predicted molar refractivity (Wildman–Crippen MR) is 418 cm³/mol. The molecule has 11 aromatic rings. The molecule has 0 spiro atoms. The minimum atomic E-state index is -0.749. The maximum atomic E-state index is 12.0. The molecule has 5 aliphatic rings. The number of aliphatic hydroxyl groups is 1. The summed E-state index contributed by atoms with van der Waals surface area (Å²) in [7, 11) is 0. The minimum absolute atomic E-state index is 0. The molecule has 6 aromatic carbocycles. The van der Waals surface area contributed by atoms with E-state index in [0.717, 1.165) is 142 Å². The first-order chi connectivity index (χ1) is 53.4. The second-order valence-corrected chi connectivity index (χ2v) is 28.6. The smallest absolute Gasteiger partial charge is 0.508 e. The van der Waals surface area contributed by atoms with E-state index >= 15 is 0 Å². The summed E-state index contributed by atoms with van der Waals surface area (Å²) < 4.78 is 45.6. The van der Waals surface area contributed by atoms with Gasteiger partial charge in [0.1, 0.15) is 73.5 Å². The SMILES string of the molecule is BrCC1CO1.CC(C)OC(=O)Nc1ccc(-c2c(C#N)c3ccc(O)cc3n2C2CCC2)cc1.CC(C)OC(=O)Nc1ccc(-c2c(C#N)c3ccc(OCC(O)Cn4cncn4)cc3n2C2CCC2)cc1.CC(C)OC(=O)Nc1ccc(-c2c(C#N)c3ccc(OCC4CO4)cc3n2C2CCC2)cc1.[Na+].c1nc[n-]n1. The zero-order valence-electron chi connectivity index (χ0n) is 63.0. The van der Waals surface area contributed by atoms with Crippen LogP contribution in [-0.4, -0.2) is 135 Å². The van der Waals surface area contributed by atoms with Crippen LogP contribution in [0.15, 0.2) is 153 Å². The Labute approximate surface area is 673 Å². The van der Waals surface area contributed by atoms with Gasteiger partial charge in [0, 0.05) is 81.2 Å². The molecule has 2 saturated heterocycles. The van der Waals surface area contributed by atoms with Gasteiger partial charge in [-0.2, -0.15) is 20.9 Å². The molecule has 570 valence electrons. The van der Waals surface area contributed by atoms with E-state index in [1.807, 2.05) is 111 Å². The van der Waals surface area contributed by atoms with E-state index in [0.29, 0.717) is 64.3 Å². The van der Waals surface area contributed by atoms with E-state index in [-0.39, 0.29) is 78.9 Å². The molecule has 16 rings (SSSR count). The number of alkyl halides is 1. The Morgan fingerprint density at radius 2 is 0.955 bits per heavy atom. The van der Waals surface area contributed by atoms with Crippen LogP contribution < -0.4 is 60.1 Å². The van der Waals surface area contributed by atoms with Crippen LogP contribution in [0, 0.1) is 34.0 Å². The first kappa shape index (κ1) is 81.3. The largest absolute Gasteiger partial charge is 1.00 e. The fourth-order valence-electron chi connectivity index (χ4n) is 13.0. The molecule has 3 amide bonds. The number of amides is 3.